The number of imide groups is 1. The molecule has 184 valence electrons. The van der Waals surface area contributed by atoms with Gasteiger partial charge in [-0.2, -0.15) is 0 Å². The minimum Gasteiger partial charge on any atom is -0.493 e. The Bertz CT molecular complexity index is 1340. The molecule has 3 aromatic rings. The number of fused-ring (bicyclic) bond motifs is 1. The summed E-state index contributed by atoms with van der Waals surface area (Å²) in [5.41, 5.74) is 3.01. The molecule has 1 fully saturated rings. The molecule has 2 aliphatic rings. The molecular formula is C27H25N3O6. The molecule has 0 spiro atoms. The van der Waals surface area contributed by atoms with Crippen LogP contribution in [-0.4, -0.2) is 48.4 Å². The molecule has 0 N–H and O–H groups in total. The van der Waals surface area contributed by atoms with Crippen LogP contribution in [0.4, 0.5) is 11.4 Å². The van der Waals surface area contributed by atoms with Gasteiger partial charge in [0.25, 0.3) is 11.6 Å². The number of amides is 2. The van der Waals surface area contributed by atoms with Crippen molar-refractivity contribution in [3.05, 3.63) is 93.5 Å². The number of hydrogen-bond donors (Lipinski definition) is 0. The van der Waals surface area contributed by atoms with E-state index in [1.165, 1.54) is 17.0 Å². The molecule has 0 aromatic heterocycles. The van der Waals surface area contributed by atoms with Crippen LogP contribution in [0.5, 0.6) is 11.5 Å². The average molecular weight is 488 g/mol. The number of rotatable bonds is 6. The summed E-state index contributed by atoms with van der Waals surface area (Å²) in [5, 5.41) is 11.5. The monoisotopic (exact) mass is 487 g/mol. The van der Waals surface area contributed by atoms with Crippen LogP contribution >= 0.6 is 0 Å². The highest BCUT2D eigenvalue weighted by Gasteiger charge is 2.46. The molecule has 3 aromatic carbocycles. The van der Waals surface area contributed by atoms with Crippen molar-refractivity contribution in [1.29, 1.82) is 0 Å². The van der Waals surface area contributed by atoms with E-state index in [9.17, 15) is 19.7 Å². The SMILES string of the molecule is COc1cc2c(cc1OC)C(c1cccc([N+](=O)[O-])c1)N(C1CC(=O)N(c3ccccc3)C1=O)CC2. The van der Waals surface area contributed by atoms with Gasteiger partial charge in [-0.05, 0) is 47.4 Å². The molecule has 2 atom stereocenters. The summed E-state index contributed by atoms with van der Waals surface area (Å²) in [4.78, 5) is 40.9. The van der Waals surface area contributed by atoms with Crippen LogP contribution in [0.25, 0.3) is 0 Å². The lowest BCUT2D eigenvalue weighted by Crippen LogP contribution is -2.47. The molecule has 0 saturated carbocycles. The number of ether oxygens (including phenoxy) is 2. The fraction of sp³-hybridized carbons (Fsp3) is 0.259. The van der Waals surface area contributed by atoms with Gasteiger partial charge in [-0.1, -0.05) is 30.3 Å². The number of non-ortho nitro benzene ring substituents is 1. The summed E-state index contributed by atoms with van der Waals surface area (Å²) in [6, 6.07) is 17.9. The van der Waals surface area contributed by atoms with Crippen molar-refractivity contribution >= 4 is 23.2 Å². The summed E-state index contributed by atoms with van der Waals surface area (Å²) in [6.07, 6.45) is 0.645. The first kappa shape index (κ1) is 23.5. The van der Waals surface area contributed by atoms with Crippen molar-refractivity contribution in [1.82, 2.24) is 4.90 Å². The molecule has 0 aliphatic carbocycles. The van der Waals surface area contributed by atoms with Crippen molar-refractivity contribution in [2.45, 2.75) is 24.9 Å². The van der Waals surface area contributed by atoms with Crippen molar-refractivity contribution in [3.8, 4) is 11.5 Å². The third-order valence-corrected chi connectivity index (χ3v) is 6.85. The summed E-state index contributed by atoms with van der Waals surface area (Å²) in [5.74, 6) is 0.538. The maximum absolute atomic E-state index is 13.6. The minimum absolute atomic E-state index is 0.0295. The van der Waals surface area contributed by atoms with Crippen molar-refractivity contribution in [2.75, 3.05) is 25.7 Å². The molecule has 1 saturated heterocycles. The number of hydrogen-bond acceptors (Lipinski definition) is 7. The first-order valence-corrected chi connectivity index (χ1v) is 11.6. The second kappa shape index (κ2) is 9.43. The molecule has 0 radical (unpaired) electrons. The lowest BCUT2D eigenvalue weighted by Gasteiger charge is -2.40. The van der Waals surface area contributed by atoms with E-state index in [1.807, 2.05) is 29.2 Å². The Hall–Kier alpha value is -4.24. The number of anilines is 1. The van der Waals surface area contributed by atoms with E-state index >= 15 is 0 Å². The van der Waals surface area contributed by atoms with Crippen LogP contribution in [-0.2, 0) is 16.0 Å². The third-order valence-electron chi connectivity index (χ3n) is 6.85. The zero-order valence-electron chi connectivity index (χ0n) is 19.9. The molecule has 5 rings (SSSR count). The average Bonchev–Trinajstić information content (AvgIpc) is 3.20. The van der Waals surface area contributed by atoms with Gasteiger partial charge < -0.3 is 9.47 Å². The summed E-state index contributed by atoms with van der Waals surface area (Å²) < 4.78 is 11.0. The fourth-order valence-corrected chi connectivity index (χ4v) is 5.20. The van der Waals surface area contributed by atoms with Gasteiger partial charge in [0.2, 0.25) is 5.91 Å². The van der Waals surface area contributed by atoms with E-state index in [4.69, 9.17) is 9.47 Å². The smallest absolute Gasteiger partial charge is 0.269 e. The summed E-state index contributed by atoms with van der Waals surface area (Å²) in [6.45, 7) is 0.488. The van der Waals surface area contributed by atoms with E-state index in [1.54, 1.807) is 44.6 Å². The Morgan fingerprint density at radius 2 is 1.67 bits per heavy atom. The Morgan fingerprint density at radius 1 is 0.944 bits per heavy atom. The highest BCUT2D eigenvalue weighted by Crippen LogP contribution is 2.43. The van der Waals surface area contributed by atoms with Crippen molar-refractivity contribution in [2.24, 2.45) is 0 Å². The maximum Gasteiger partial charge on any atom is 0.269 e. The van der Waals surface area contributed by atoms with Gasteiger partial charge in [-0.3, -0.25) is 24.6 Å². The van der Waals surface area contributed by atoms with E-state index in [0.29, 0.717) is 35.7 Å². The first-order chi connectivity index (χ1) is 17.4. The Labute approximate surface area is 208 Å². The molecule has 9 nitrogen and oxygen atoms in total. The van der Waals surface area contributed by atoms with Gasteiger partial charge in [0.1, 0.15) is 0 Å². The van der Waals surface area contributed by atoms with Crippen molar-refractivity contribution in [3.63, 3.8) is 0 Å². The number of nitro groups is 1. The summed E-state index contributed by atoms with van der Waals surface area (Å²) in [7, 11) is 3.11. The fourth-order valence-electron chi connectivity index (χ4n) is 5.20. The lowest BCUT2D eigenvalue weighted by atomic mass is 9.86. The second-order valence-electron chi connectivity index (χ2n) is 8.77. The van der Waals surface area contributed by atoms with Gasteiger partial charge >= 0.3 is 0 Å². The highest BCUT2D eigenvalue weighted by atomic mass is 16.6. The zero-order valence-corrected chi connectivity index (χ0v) is 19.9. The lowest BCUT2D eigenvalue weighted by molar-refractivity contribution is -0.384. The molecule has 9 heteroatoms. The molecule has 2 heterocycles. The summed E-state index contributed by atoms with van der Waals surface area (Å²) >= 11 is 0. The zero-order chi connectivity index (χ0) is 25.4. The molecule has 0 bridgehead atoms. The largest absolute Gasteiger partial charge is 0.493 e. The number of carbonyl (C=O) groups is 2. The second-order valence-corrected chi connectivity index (χ2v) is 8.77. The minimum atomic E-state index is -0.705. The van der Waals surface area contributed by atoms with Crippen LogP contribution in [0, 0.1) is 10.1 Å². The normalized spacial score (nSPS) is 19.8. The molecule has 2 amide bonds. The predicted molar refractivity (Wildman–Crippen MR) is 132 cm³/mol. The van der Waals surface area contributed by atoms with Crippen LogP contribution in [0.1, 0.15) is 29.2 Å². The first-order valence-electron chi connectivity index (χ1n) is 11.6. The van der Waals surface area contributed by atoms with E-state index < -0.39 is 17.0 Å². The number of benzene rings is 3. The molecule has 2 aliphatic heterocycles. The highest BCUT2D eigenvalue weighted by molar-refractivity contribution is 6.22. The van der Waals surface area contributed by atoms with Gasteiger partial charge in [-0.25, -0.2) is 4.90 Å². The molecule has 36 heavy (non-hydrogen) atoms. The molecule has 2 unspecified atom stereocenters. The maximum atomic E-state index is 13.6. The van der Waals surface area contributed by atoms with Gasteiger partial charge in [-0.15, -0.1) is 0 Å². The van der Waals surface area contributed by atoms with Crippen LogP contribution in [0.15, 0.2) is 66.7 Å². The van der Waals surface area contributed by atoms with E-state index in [0.717, 1.165) is 11.1 Å². The topological polar surface area (TPSA) is 102 Å². The van der Waals surface area contributed by atoms with Crippen molar-refractivity contribution < 1.29 is 24.0 Å². The van der Waals surface area contributed by atoms with Crippen LogP contribution in [0.2, 0.25) is 0 Å². The number of para-hydroxylation sites is 1. The van der Waals surface area contributed by atoms with E-state index in [-0.39, 0.29) is 23.9 Å². The number of methoxy groups -OCH3 is 2. The standard InChI is InChI=1S/C27H25N3O6/c1-35-23-14-17-11-12-28(22-16-25(31)29(27(22)32)19-8-4-3-5-9-19)26(21(17)15-24(23)36-2)18-7-6-10-20(13-18)30(33)34/h3-10,13-15,22,26H,11-12,16H2,1-2H3. The van der Waals surface area contributed by atoms with Crippen LogP contribution < -0.4 is 14.4 Å². The Balaban J connectivity index is 1.62. The number of carbonyl (C=O) groups excluding carboxylic acids is 2. The number of nitrogens with zero attached hydrogens (tertiary/aromatic N) is 3. The Morgan fingerprint density at radius 3 is 2.36 bits per heavy atom. The van der Waals surface area contributed by atoms with E-state index in [2.05, 4.69) is 0 Å². The molecular weight excluding hydrogens is 462 g/mol. The quantitative estimate of drug-likeness (QED) is 0.295. The van der Waals surface area contributed by atoms with Gasteiger partial charge in [0.15, 0.2) is 11.5 Å². The van der Waals surface area contributed by atoms with Crippen LogP contribution in [0.3, 0.4) is 0 Å². The Kier molecular flexibility index (Phi) is 6.15. The predicted octanol–water partition coefficient (Wildman–Crippen LogP) is 3.89. The van der Waals surface area contributed by atoms with Gasteiger partial charge in [0, 0.05) is 18.7 Å². The third kappa shape index (κ3) is 3.97. The number of nitro benzene ring substituents is 1. The van der Waals surface area contributed by atoms with Gasteiger partial charge in [0.05, 0.1) is 43.3 Å².